The number of benzene rings is 3. The van der Waals surface area contributed by atoms with Gasteiger partial charge in [0.15, 0.2) is 0 Å². The zero-order valence-corrected chi connectivity index (χ0v) is 32.1. The van der Waals surface area contributed by atoms with Crippen molar-refractivity contribution >= 4 is 23.6 Å². The molecule has 2 aliphatic carbocycles. The number of carbonyl (C=O) groups is 3. The van der Waals surface area contributed by atoms with Gasteiger partial charge in [0.2, 0.25) is 11.8 Å². The Morgan fingerprint density at radius 1 is 0.857 bits per heavy atom. The van der Waals surface area contributed by atoms with Crippen molar-refractivity contribution in [2.75, 3.05) is 19.4 Å². The molecular formula is C44H50N8O4. The van der Waals surface area contributed by atoms with Gasteiger partial charge in [-0.1, -0.05) is 74.5 Å². The van der Waals surface area contributed by atoms with Gasteiger partial charge in [0.1, 0.15) is 17.7 Å². The van der Waals surface area contributed by atoms with Gasteiger partial charge in [0.05, 0.1) is 42.9 Å². The first kappa shape index (κ1) is 37.0. The first-order chi connectivity index (χ1) is 27.2. The minimum atomic E-state index is -0.678. The summed E-state index contributed by atoms with van der Waals surface area (Å²) in [5, 5.41) is 5.89. The number of nitrogens with one attached hydrogen (secondary N) is 4. The highest BCUT2D eigenvalue weighted by Gasteiger charge is 2.52. The molecule has 2 saturated carbocycles. The number of nitrogens with two attached hydrogens (primary N) is 1. The van der Waals surface area contributed by atoms with Crippen LogP contribution in [0.15, 0.2) is 85.2 Å². The van der Waals surface area contributed by atoms with Crippen molar-refractivity contribution in [3.63, 3.8) is 0 Å². The highest BCUT2D eigenvalue weighted by Crippen LogP contribution is 2.56. The molecule has 12 nitrogen and oxygen atoms in total. The summed E-state index contributed by atoms with van der Waals surface area (Å²) >= 11 is 0. The van der Waals surface area contributed by atoms with Crippen molar-refractivity contribution in [2.45, 2.75) is 70.5 Å². The predicted octanol–water partition coefficient (Wildman–Crippen LogP) is 7.21. The molecule has 3 aliphatic rings. The first-order valence-electron chi connectivity index (χ1n) is 19.7. The van der Waals surface area contributed by atoms with E-state index in [9.17, 15) is 14.4 Å². The van der Waals surface area contributed by atoms with E-state index in [0.717, 1.165) is 83.0 Å². The Bertz CT molecular complexity index is 2190. The number of aromatic amines is 2. The molecule has 2 aromatic heterocycles. The molecular weight excluding hydrogens is 705 g/mol. The number of H-pyrrole nitrogens is 2. The van der Waals surface area contributed by atoms with Crippen LogP contribution < -0.4 is 16.4 Å². The van der Waals surface area contributed by atoms with Gasteiger partial charge < -0.3 is 36.0 Å². The Balaban J connectivity index is 0.916. The van der Waals surface area contributed by atoms with Crippen molar-refractivity contribution in [2.24, 2.45) is 23.7 Å². The third-order valence-corrected chi connectivity index (χ3v) is 12.1. The van der Waals surface area contributed by atoms with E-state index in [1.54, 1.807) is 0 Å². The van der Waals surface area contributed by atoms with Gasteiger partial charge in [-0.25, -0.2) is 14.8 Å². The molecule has 2 bridgehead atoms. The van der Waals surface area contributed by atoms with E-state index < -0.39 is 12.1 Å². The number of nitrogens with zero attached hydrogens (tertiary/aromatic N) is 3. The second-order valence-corrected chi connectivity index (χ2v) is 15.9. The summed E-state index contributed by atoms with van der Waals surface area (Å²) in [4.78, 5) is 57.5. The number of hydrogen-bond acceptors (Lipinski definition) is 7. The molecule has 2 unspecified atom stereocenters. The molecule has 3 amide bonds. The lowest BCUT2D eigenvalue weighted by Crippen LogP contribution is -2.51. The smallest absolute Gasteiger partial charge is 0.407 e. The van der Waals surface area contributed by atoms with Crippen LogP contribution in [0, 0.1) is 23.7 Å². The fourth-order valence-corrected chi connectivity index (χ4v) is 9.25. The van der Waals surface area contributed by atoms with Crippen molar-refractivity contribution in [1.29, 1.82) is 0 Å². The number of carbonyl (C=O) groups excluding carboxylic acids is 3. The number of amides is 3. The van der Waals surface area contributed by atoms with E-state index in [-0.39, 0.29) is 35.6 Å². The van der Waals surface area contributed by atoms with Crippen LogP contribution in [0.3, 0.4) is 0 Å². The number of methoxy groups -OCH3 is 1. The fraction of sp³-hybridized carbons (Fsp3) is 0.386. The summed E-state index contributed by atoms with van der Waals surface area (Å²) in [5.74, 6) is 2.35. The molecule has 6 N–H and O–H groups in total. The van der Waals surface area contributed by atoms with Crippen LogP contribution in [0.25, 0.3) is 33.6 Å². The lowest BCUT2D eigenvalue weighted by molar-refractivity contribution is -0.135. The Kier molecular flexibility index (Phi) is 10.4. The summed E-state index contributed by atoms with van der Waals surface area (Å²) < 4.78 is 4.76. The van der Waals surface area contributed by atoms with E-state index in [0.29, 0.717) is 30.6 Å². The fourth-order valence-electron chi connectivity index (χ4n) is 9.25. The number of fused-ring (bicyclic) bond motifs is 2. The lowest BCUT2D eigenvalue weighted by Gasteiger charge is -2.30. The predicted molar refractivity (Wildman–Crippen MR) is 215 cm³/mol. The summed E-state index contributed by atoms with van der Waals surface area (Å²) in [5.41, 5.74) is 13.7. The quantitative estimate of drug-likeness (QED) is 0.0888. The SMILES string of the molecule is COC(=O)N[C@H](C(=O)N1CCC[C@H]1c1ncc(-c2ccc(-c3ccc(-c4cnc([C@H]5C6CCC(C6)[C@@H]5C(=O)NCc5cccc(N)c5)[nH]4)cc3)cc2)[nH]1)C(C)C. The van der Waals surface area contributed by atoms with E-state index in [4.69, 9.17) is 15.5 Å². The van der Waals surface area contributed by atoms with Crippen molar-refractivity contribution in [3.8, 4) is 33.6 Å². The van der Waals surface area contributed by atoms with Crippen molar-refractivity contribution < 1.29 is 19.1 Å². The van der Waals surface area contributed by atoms with Crippen LogP contribution in [0.5, 0.6) is 0 Å². The monoisotopic (exact) mass is 754 g/mol. The van der Waals surface area contributed by atoms with Gasteiger partial charge in [0, 0.05) is 24.7 Å². The number of likely N-dealkylation sites (tertiary alicyclic amines) is 1. The zero-order valence-electron chi connectivity index (χ0n) is 32.1. The van der Waals surface area contributed by atoms with Gasteiger partial charge >= 0.3 is 6.09 Å². The summed E-state index contributed by atoms with van der Waals surface area (Å²) in [7, 11) is 1.30. The molecule has 0 spiro atoms. The molecule has 8 rings (SSSR count). The average Bonchev–Trinajstić information content (AvgIpc) is 4.07. The third kappa shape index (κ3) is 7.39. The molecule has 1 aliphatic heterocycles. The Morgan fingerprint density at radius 3 is 2.12 bits per heavy atom. The molecule has 290 valence electrons. The number of anilines is 1. The second kappa shape index (κ2) is 15.7. The zero-order chi connectivity index (χ0) is 38.9. The summed E-state index contributed by atoms with van der Waals surface area (Å²) in [6.07, 6.45) is 8.05. The van der Waals surface area contributed by atoms with Crippen LogP contribution >= 0.6 is 0 Å². The van der Waals surface area contributed by atoms with Gasteiger partial charge in [-0.15, -0.1) is 0 Å². The second-order valence-electron chi connectivity index (χ2n) is 15.9. The van der Waals surface area contributed by atoms with Crippen LogP contribution in [0.1, 0.15) is 75.1 Å². The van der Waals surface area contributed by atoms with Crippen LogP contribution in [0.2, 0.25) is 0 Å². The van der Waals surface area contributed by atoms with Crippen molar-refractivity contribution in [1.82, 2.24) is 35.5 Å². The number of ether oxygens (including phenoxy) is 1. The molecule has 1 saturated heterocycles. The summed E-state index contributed by atoms with van der Waals surface area (Å²) in [6, 6.07) is 23.6. The molecule has 3 aromatic carbocycles. The maximum atomic E-state index is 13.6. The first-order valence-corrected chi connectivity index (χ1v) is 19.7. The molecule has 0 radical (unpaired) electrons. The van der Waals surface area contributed by atoms with Crippen LogP contribution in [-0.4, -0.2) is 62.4 Å². The van der Waals surface area contributed by atoms with E-state index in [1.807, 2.05) is 55.4 Å². The molecule has 5 aromatic rings. The topological polar surface area (TPSA) is 171 Å². The maximum absolute atomic E-state index is 13.6. The Hall–Kier alpha value is -5.91. The van der Waals surface area contributed by atoms with E-state index in [2.05, 4.69) is 74.1 Å². The minimum Gasteiger partial charge on any atom is -0.453 e. The number of imidazole rings is 2. The van der Waals surface area contributed by atoms with Crippen LogP contribution in [-0.2, 0) is 20.9 Å². The Labute approximate surface area is 327 Å². The Morgan fingerprint density at radius 2 is 1.48 bits per heavy atom. The highest BCUT2D eigenvalue weighted by molar-refractivity contribution is 5.86. The number of hydrogen-bond donors (Lipinski definition) is 5. The van der Waals surface area contributed by atoms with Crippen LogP contribution in [0.4, 0.5) is 10.5 Å². The lowest BCUT2D eigenvalue weighted by atomic mass is 9.78. The number of rotatable bonds is 11. The highest BCUT2D eigenvalue weighted by atomic mass is 16.5. The van der Waals surface area contributed by atoms with Gasteiger partial charge in [-0.2, -0.15) is 0 Å². The molecule has 6 atom stereocenters. The van der Waals surface area contributed by atoms with Gasteiger partial charge in [0.25, 0.3) is 0 Å². The van der Waals surface area contributed by atoms with Crippen molar-refractivity contribution in [3.05, 3.63) is 102 Å². The van der Waals surface area contributed by atoms with E-state index in [1.165, 1.54) is 7.11 Å². The standard InChI is InChI=1S/C44H50N8O4/c1-25(2)39(51-44(55)56-3)43(54)52-19-5-8-36(52)40-46-23-34(49-40)29-13-9-27(10-14-29)28-11-15-30(16-12-28)35-24-47-41(50-35)37-31-17-18-32(21-31)38(37)42(53)48-22-26-6-4-7-33(45)20-26/h4,6-7,9-16,20,23-25,31-32,36-39H,5,8,17-19,21-22,45H2,1-3H3,(H,46,49)(H,47,50)(H,48,53)(H,51,55)/t31?,32?,36-,37-,38-,39-/m0/s1. The number of alkyl carbamates (subject to hydrolysis) is 1. The molecule has 3 heterocycles. The van der Waals surface area contributed by atoms with E-state index >= 15 is 0 Å². The molecule has 12 heteroatoms. The molecule has 3 fully saturated rings. The maximum Gasteiger partial charge on any atom is 0.407 e. The van der Waals surface area contributed by atoms with Gasteiger partial charge in [-0.05, 0) is 89.8 Å². The largest absolute Gasteiger partial charge is 0.453 e. The van der Waals surface area contributed by atoms with Gasteiger partial charge in [-0.3, -0.25) is 9.59 Å². The normalized spacial score (nSPS) is 22.0. The number of nitrogen functional groups attached to an aromatic ring is 1. The summed E-state index contributed by atoms with van der Waals surface area (Å²) in [6.45, 7) is 4.89. The number of aromatic nitrogens is 4. The average molecular weight is 755 g/mol. The third-order valence-electron chi connectivity index (χ3n) is 12.1. The minimum absolute atomic E-state index is 0.0826. The molecule has 56 heavy (non-hydrogen) atoms.